The van der Waals surface area contributed by atoms with Gasteiger partial charge in [0, 0.05) is 12.3 Å². The monoisotopic (exact) mass is 187 g/mol. The molecule has 1 aromatic heterocycles. The van der Waals surface area contributed by atoms with Gasteiger partial charge in [0.15, 0.2) is 0 Å². The molecule has 0 radical (unpaired) electrons. The molecule has 72 valence electrons. The van der Waals surface area contributed by atoms with E-state index in [0.29, 0.717) is 5.82 Å². The van der Waals surface area contributed by atoms with Gasteiger partial charge in [0.25, 0.3) is 0 Å². The van der Waals surface area contributed by atoms with E-state index in [2.05, 4.69) is 18.1 Å². The topological polar surface area (TPSA) is 43.8 Å². The van der Waals surface area contributed by atoms with Crippen molar-refractivity contribution >= 4 is 5.82 Å². The van der Waals surface area contributed by atoms with Crippen LogP contribution >= 0.6 is 0 Å². The molecule has 0 aliphatic rings. The van der Waals surface area contributed by atoms with E-state index in [1.54, 1.807) is 6.07 Å². The summed E-state index contributed by atoms with van der Waals surface area (Å²) in [6.45, 7) is 2.13. The van der Waals surface area contributed by atoms with E-state index in [1.807, 2.05) is 29.1 Å². The second kappa shape index (κ2) is 3.54. The molecule has 0 saturated heterocycles. The van der Waals surface area contributed by atoms with Crippen molar-refractivity contribution < 1.29 is 0 Å². The number of nitrogen functional groups attached to an aromatic ring is 1. The van der Waals surface area contributed by atoms with E-state index in [0.717, 1.165) is 12.1 Å². The van der Waals surface area contributed by atoms with Gasteiger partial charge in [0.1, 0.15) is 5.82 Å². The highest BCUT2D eigenvalue weighted by molar-refractivity contribution is 5.41. The first-order chi connectivity index (χ1) is 6.81. The molecule has 1 heterocycles. The van der Waals surface area contributed by atoms with E-state index in [9.17, 15) is 0 Å². The number of hydrogen-bond donors (Lipinski definition) is 1. The zero-order chi connectivity index (χ0) is 9.97. The van der Waals surface area contributed by atoms with Gasteiger partial charge in [-0.25, -0.2) is 4.68 Å². The molecule has 0 fully saturated rings. The summed E-state index contributed by atoms with van der Waals surface area (Å²) in [6, 6.07) is 9.99. The summed E-state index contributed by atoms with van der Waals surface area (Å²) in [5.41, 5.74) is 7.95. The molecule has 14 heavy (non-hydrogen) atoms. The number of rotatable bonds is 2. The van der Waals surface area contributed by atoms with Gasteiger partial charge < -0.3 is 5.73 Å². The first-order valence-electron chi connectivity index (χ1n) is 4.70. The minimum atomic E-state index is 0.552. The van der Waals surface area contributed by atoms with Crippen molar-refractivity contribution in [2.24, 2.45) is 0 Å². The molecule has 3 nitrogen and oxygen atoms in total. The molecule has 0 saturated carbocycles. The molecule has 0 unspecified atom stereocenters. The van der Waals surface area contributed by atoms with Gasteiger partial charge >= 0.3 is 0 Å². The summed E-state index contributed by atoms with van der Waals surface area (Å²) in [4.78, 5) is 0. The average molecular weight is 187 g/mol. The van der Waals surface area contributed by atoms with Crippen LogP contribution in [0, 0.1) is 0 Å². The van der Waals surface area contributed by atoms with Crippen molar-refractivity contribution in [1.82, 2.24) is 9.78 Å². The number of benzene rings is 1. The van der Waals surface area contributed by atoms with E-state index >= 15 is 0 Å². The maximum absolute atomic E-state index is 5.58. The molecule has 0 bridgehead atoms. The Morgan fingerprint density at radius 2 is 2.07 bits per heavy atom. The largest absolute Gasteiger partial charge is 0.382 e. The lowest BCUT2D eigenvalue weighted by atomic mass is 10.1. The normalized spacial score (nSPS) is 10.4. The van der Waals surface area contributed by atoms with Crippen molar-refractivity contribution in [1.29, 1.82) is 0 Å². The molecule has 3 heteroatoms. The Hall–Kier alpha value is -1.77. The second-order valence-electron chi connectivity index (χ2n) is 3.17. The van der Waals surface area contributed by atoms with Crippen LogP contribution in [0.3, 0.4) is 0 Å². The number of anilines is 1. The van der Waals surface area contributed by atoms with Crippen LogP contribution in [0.5, 0.6) is 0 Å². The Bertz CT molecular complexity index is 432. The standard InChI is InChI=1S/C11H13N3/c1-2-9-5-3-4-6-10(9)14-8-7-11(12)13-14/h3-8H,2H2,1H3,(H2,12,13). The van der Waals surface area contributed by atoms with Crippen molar-refractivity contribution in [3.8, 4) is 5.69 Å². The zero-order valence-corrected chi connectivity index (χ0v) is 8.14. The number of nitrogens with zero attached hydrogens (tertiary/aromatic N) is 2. The highest BCUT2D eigenvalue weighted by atomic mass is 15.3. The highest BCUT2D eigenvalue weighted by Crippen LogP contribution is 2.14. The maximum Gasteiger partial charge on any atom is 0.145 e. The lowest BCUT2D eigenvalue weighted by Gasteiger charge is -2.06. The van der Waals surface area contributed by atoms with Crippen LogP contribution in [0.1, 0.15) is 12.5 Å². The third kappa shape index (κ3) is 1.48. The predicted molar refractivity (Wildman–Crippen MR) is 57.4 cm³/mol. The fourth-order valence-electron chi connectivity index (χ4n) is 1.51. The number of aryl methyl sites for hydroxylation is 1. The molecule has 2 aromatic rings. The van der Waals surface area contributed by atoms with E-state index in [1.165, 1.54) is 5.56 Å². The van der Waals surface area contributed by atoms with Gasteiger partial charge in [-0.1, -0.05) is 25.1 Å². The minimum absolute atomic E-state index is 0.552. The van der Waals surface area contributed by atoms with E-state index < -0.39 is 0 Å². The summed E-state index contributed by atoms with van der Waals surface area (Å²) in [7, 11) is 0. The molecular weight excluding hydrogens is 174 g/mol. The molecule has 0 atom stereocenters. The first kappa shape index (κ1) is 8.81. The summed E-state index contributed by atoms with van der Waals surface area (Å²) < 4.78 is 1.81. The lowest BCUT2D eigenvalue weighted by molar-refractivity contribution is 0.867. The highest BCUT2D eigenvalue weighted by Gasteiger charge is 2.02. The van der Waals surface area contributed by atoms with Crippen molar-refractivity contribution in [3.05, 3.63) is 42.1 Å². The zero-order valence-electron chi connectivity index (χ0n) is 8.14. The molecule has 0 aliphatic heterocycles. The number of hydrogen-bond acceptors (Lipinski definition) is 2. The minimum Gasteiger partial charge on any atom is -0.382 e. The third-order valence-corrected chi connectivity index (χ3v) is 2.23. The second-order valence-corrected chi connectivity index (χ2v) is 3.17. The number of nitrogens with two attached hydrogens (primary N) is 1. The fraction of sp³-hybridized carbons (Fsp3) is 0.182. The van der Waals surface area contributed by atoms with Crippen LogP contribution < -0.4 is 5.73 Å². The van der Waals surface area contributed by atoms with Crippen molar-refractivity contribution in [2.75, 3.05) is 5.73 Å². The summed E-state index contributed by atoms with van der Waals surface area (Å²) in [5.74, 6) is 0.552. The predicted octanol–water partition coefficient (Wildman–Crippen LogP) is 2.02. The van der Waals surface area contributed by atoms with Crippen molar-refractivity contribution in [3.63, 3.8) is 0 Å². The van der Waals surface area contributed by atoms with E-state index in [4.69, 9.17) is 5.73 Å². The smallest absolute Gasteiger partial charge is 0.145 e. The third-order valence-electron chi connectivity index (χ3n) is 2.23. The SMILES string of the molecule is CCc1ccccc1-n1ccc(N)n1. The van der Waals surface area contributed by atoms with Crippen LogP contribution in [0.15, 0.2) is 36.5 Å². The van der Waals surface area contributed by atoms with Gasteiger partial charge in [0.05, 0.1) is 5.69 Å². The molecule has 1 aromatic carbocycles. The Morgan fingerprint density at radius 1 is 1.29 bits per heavy atom. The van der Waals surface area contributed by atoms with Crippen LogP contribution in [0.2, 0.25) is 0 Å². The van der Waals surface area contributed by atoms with E-state index in [-0.39, 0.29) is 0 Å². The Kier molecular flexibility index (Phi) is 2.23. The Morgan fingerprint density at radius 3 is 2.71 bits per heavy atom. The van der Waals surface area contributed by atoms with Crippen LogP contribution in [0.25, 0.3) is 5.69 Å². The first-order valence-corrected chi connectivity index (χ1v) is 4.70. The van der Waals surface area contributed by atoms with Gasteiger partial charge in [-0.15, -0.1) is 0 Å². The van der Waals surface area contributed by atoms with Gasteiger partial charge in [0.2, 0.25) is 0 Å². The maximum atomic E-state index is 5.58. The molecular formula is C11H13N3. The van der Waals surface area contributed by atoms with Crippen LogP contribution in [-0.2, 0) is 6.42 Å². The average Bonchev–Trinajstić information content (AvgIpc) is 2.65. The van der Waals surface area contributed by atoms with Gasteiger partial charge in [-0.05, 0) is 18.1 Å². The fourth-order valence-corrected chi connectivity index (χ4v) is 1.51. The van der Waals surface area contributed by atoms with Gasteiger partial charge in [-0.2, -0.15) is 5.10 Å². The summed E-state index contributed by atoms with van der Waals surface area (Å²) >= 11 is 0. The number of aromatic nitrogens is 2. The molecule has 0 spiro atoms. The Labute approximate surface area is 83.2 Å². The molecule has 2 N–H and O–H groups in total. The summed E-state index contributed by atoms with van der Waals surface area (Å²) in [6.07, 6.45) is 2.87. The Balaban J connectivity index is 2.50. The summed E-state index contributed by atoms with van der Waals surface area (Å²) in [5, 5.41) is 4.18. The lowest BCUT2D eigenvalue weighted by Crippen LogP contribution is -2.00. The molecule has 0 amide bonds. The van der Waals surface area contributed by atoms with Crippen molar-refractivity contribution in [2.45, 2.75) is 13.3 Å². The molecule has 2 rings (SSSR count). The van der Waals surface area contributed by atoms with Crippen LogP contribution in [0.4, 0.5) is 5.82 Å². The van der Waals surface area contributed by atoms with Crippen LogP contribution in [-0.4, -0.2) is 9.78 Å². The number of para-hydroxylation sites is 1. The van der Waals surface area contributed by atoms with Gasteiger partial charge in [-0.3, -0.25) is 0 Å². The molecule has 0 aliphatic carbocycles. The quantitative estimate of drug-likeness (QED) is 0.781.